The van der Waals surface area contributed by atoms with Crippen LogP contribution >= 0.6 is 0 Å². The number of nitrogens with two attached hydrogens (primary N) is 1. The van der Waals surface area contributed by atoms with Crippen molar-refractivity contribution in [1.82, 2.24) is 15.3 Å². The van der Waals surface area contributed by atoms with E-state index in [4.69, 9.17) is 5.73 Å². The Morgan fingerprint density at radius 1 is 1.43 bits per heavy atom. The van der Waals surface area contributed by atoms with Gasteiger partial charge in [0.15, 0.2) is 0 Å². The predicted octanol–water partition coefficient (Wildman–Crippen LogP) is 1.80. The molecule has 0 aliphatic carbocycles. The van der Waals surface area contributed by atoms with Crippen LogP contribution in [0.3, 0.4) is 0 Å². The third kappa shape index (κ3) is 3.94. The maximum Gasteiger partial charge on any atom is 0.270 e. The molecule has 0 atom stereocenters. The van der Waals surface area contributed by atoms with Gasteiger partial charge in [-0.1, -0.05) is 18.7 Å². The lowest BCUT2D eigenvalue weighted by atomic mass is 10.1. The van der Waals surface area contributed by atoms with Crippen molar-refractivity contribution in [2.45, 2.75) is 0 Å². The number of aromatic nitrogens is 2. The van der Waals surface area contributed by atoms with Crippen LogP contribution in [0.25, 0.3) is 11.3 Å². The highest BCUT2D eigenvalue weighted by Gasteiger charge is 2.12. The highest BCUT2D eigenvalue weighted by Crippen LogP contribution is 2.25. The zero-order valence-electron chi connectivity index (χ0n) is 13.0. The number of anilines is 2. The lowest BCUT2D eigenvalue weighted by Crippen LogP contribution is -2.26. The van der Waals surface area contributed by atoms with Crippen molar-refractivity contribution >= 4 is 17.5 Å². The van der Waals surface area contributed by atoms with Crippen LogP contribution in [-0.4, -0.2) is 35.5 Å². The number of rotatable bonds is 6. The van der Waals surface area contributed by atoms with E-state index in [1.165, 1.54) is 12.1 Å². The smallest absolute Gasteiger partial charge is 0.270 e. The van der Waals surface area contributed by atoms with Gasteiger partial charge in [0.25, 0.3) is 5.69 Å². The molecule has 2 aromatic rings. The normalized spacial score (nSPS) is 10.2. The van der Waals surface area contributed by atoms with E-state index in [-0.39, 0.29) is 11.6 Å². The van der Waals surface area contributed by atoms with Crippen molar-refractivity contribution in [2.75, 3.05) is 31.3 Å². The Morgan fingerprint density at radius 2 is 2.17 bits per heavy atom. The molecule has 2 rings (SSSR count). The zero-order valence-corrected chi connectivity index (χ0v) is 13.0. The van der Waals surface area contributed by atoms with Gasteiger partial charge in [0.1, 0.15) is 5.82 Å². The van der Waals surface area contributed by atoms with E-state index < -0.39 is 4.92 Å². The number of likely N-dealkylation sites (N-methyl/N-ethyl adjacent to an activating group) is 2. The average molecular weight is 314 g/mol. The second-order valence-electron chi connectivity index (χ2n) is 4.99. The Kier molecular flexibility index (Phi) is 4.75. The molecule has 0 saturated heterocycles. The van der Waals surface area contributed by atoms with Gasteiger partial charge in [0, 0.05) is 43.6 Å². The Bertz CT molecular complexity index is 746. The van der Waals surface area contributed by atoms with Crippen molar-refractivity contribution in [2.24, 2.45) is 0 Å². The van der Waals surface area contributed by atoms with Gasteiger partial charge in [-0.15, -0.1) is 0 Å². The molecule has 8 nitrogen and oxygen atoms in total. The lowest BCUT2D eigenvalue weighted by molar-refractivity contribution is -0.384. The van der Waals surface area contributed by atoms with Crippen molar-refractivity contribution in [3.05, 3.63) is 52.7 Å². The molecule has 0 aliphatic heterocycles. The Balaban J connectivity index is 2.39. The number of nitrogen functional groups attached to an aromatic ring is 1. The Labute approximate surface area is 133 Å². The van der Waals surface area contributed by atoms with Gasteiger partial charge in [-0.2, -0.15) is 4.98 Å². The van der Waals surface area contributed by atoms with Gasteiger partial charge in [0.05, 0.1) is 17.2 Å². The summed E-state index contributed by atoms with van der Waals surface area (Å²) >= 11 is 0. The van der Waals surface area contributed by atoms with Crippen molar-refractivity contribution < 1.29 is 4.92 Å². The van der Waals surface area contributed by atoms with E-state index in [1.807, 2.05) is 11.9 Å². The quantitative estimate of drug-likeness (QED) is 0.618. The fourth-order valence-electron chi connectivity index (χ4n) is 2.02. The fraction of sp³-hybridized carbons (Fsp3) is 0.200. The molecular formula is C15H18N6O2. The van der Waals surface area contributed by atoms with Crippen LogP contribution in [0, 0.1) is 10.1 Å². The van der Waals surface area contributed by atoms with Gasteiger partial charge in [0.2, 0.25) is 5.95 Å². The van der Waals surface area contributed by atoms with E-state index in [9.17, 15) is 10.1 Å². The van der Waals surface area contributed by atoms with Gasteiger partial charge in [-0.05, 0) is 0 Å². The third-order valence-electron chi connectivity index (χ3n) is 3.26. The Hall–Kier alpha value is -3.16. The number of hydrogen-bond acceptors (Lipinski definition) is 7. The number of nitro benzene ring substituents is 1. The molecule has 0 aliphatic rings. The number of hydrogen-bond donors (Lipinski definition) is 2. The van der Waals surface area contributed by atoms with Crippen molar-refractivity contribution in [3.63, 3.8) is 0 Å². The Morgan fingerprint density at radius 3 is 2.83 bits per heavy atom. The van der Waals surface area contributed by atoms with E-state index in [0.29, 0.717) is 23.6 Å². The maximum absolute atomic E-state index is 10.9. The molecule has 0 unspecified atom stereocenters. The molecule has 120 valence electrons. The molecule has 3 N–H and O–H groups in total. The first-order valence-electron chi connectivity index (χ1n) is 6.86. The minimum Gasteiger partial charge on any atom is -0.390 e. The summed E-state index contributed by atoms with van der Waals surface area (Å²) in [5, 5.41) is 13.9. The minimum atomic E-state index is -0.446. The van der Waals surface area contributed by atoms with Crippen LogP contribution in [0.4, 0.5) is 17.5 Å². The second-order valence-corrected chi connectivity index (χ2v) is 4.99. The number of benzene rings is 1. The number of nitro groups is 1. The van der Waals surface area contributed by atoms with Crippen LogP contribution in [-0.2, 0) is 0 Å². The topological polar surface area (TPSA) is 110 Å². The zero-order chi connectivity index (χ0) is 17.0. The van der Waals surface area contributed by atoms with E-state index in [2.05, 4.69) is 21.9 Å². The summed E-state index contributed by atoms with van der Waals surface area (Å²) in [7, 11) is 3.64. The van der Waals surface area contributed by atoms with E-state index in [0.717, 1.165) is 5.70 Å². The molecule has 1 heterocycles. The van der Waals surface area contributed by atoms with E-state index >= 15 is 0 Å². The molecular weight excluding hydrogens is 296 g/mol. The van der Waals surface area contributed by atoms with Crippen LogP contribution in [0.1, 0.15) is 0 Å². The molecule has 0 amide bonds. The summed E-state index contributed by atoms with van der Waals surface area (Å²) < 4.78 is 0. The molecule has 0 fully saturated rings. The first-order chi connectivity index (χ1) is 10.9. The van der Waals surface area contributed by atoms with Gasteiger partial charge in [-0.3, -0.25) is 10.1 Å². The largest absolute Gasteiger partial charge is 0.390 e. The maximum atomic E-state index is 10.9. The first-order valence-corrected chi connectivity index (χ1v) is 6.86. The molecule has 0 bridgehead atoms. The average Bonchev–Trinajstić information content (AvgIpc) is 2.54. The molecule has 1 aromatic heterocycles. The monoisotopic (exact) mass is 314 g/mol. The van der Waals surface area contributed by atoms with Crippen LogP contribution in [0.2, 0.25) is 0 Å². The number of nitrogens with zero attached hydrogens (tertiary/aromatic N) is 4. The second kappa shape index (κ2) is 6.73. The van der Waals surface area contributed by atoms with E-state index in [1.54, 1.807) is 25.2 Å². The summed E-state index contributed by atoms with van der Waals surface area (Å²) in [6, 6.07) is 7.97. The number of nitrogens with one attached hydrogen (secondary N) is 1. The molecule has 0 spiro atoms. The molecule has 23 heavy (non-hydrogen) atoms. The van der Waals surface area contributed by atoms with Crippen molar-refractivity contribution in [1.29, 1.82) is 0 Å². The summed E-state index contributed by atoms with van der Waals surface area (Å²) in [5.74, 6) is 0.710. The third-order valence-corrected chi connectivity index (χ3v) is 3.26. The summed E-state index contributed by atoms with van der Waals surface area (Å²) in [4.78, 5) is 20.7. The highest BCUT2D eigenvalue weighted by atomic mass is 16.6. The lowest BCUT2D eigenvalue weighted by Gasteiger charge is -2.20. The van der Waals surface area contributed by atoms with Crippen LogP contribution < -0.4 is 16.0 Å². The van der Waals surface area contributed by atoms with Gasteiger partial charge in [-0.25, -0.2) is 4.98 Å². The standard InChI is InChI=1S/C15H18N6O2/c1-10(17-2)9-20(3)14-8-13(18-15(16)19-14)11-5-4-6-12(7-11)21(22)23/h4-8,17H,1,9H2,2-3H3,(H2,16,18,19). The summed E-state index contributed by atoms with van der Waals surface area (Å²) in [6.07, 6.45) is 0. The van der Waals surface area contributed by atoms with Gasteiger partial charge < -0.3 is 16.0 Å². The SMILES string of the molecule is C=C(CN(C)c1cc(-c2cccc([N+](=O)[O-])c2)nc(N)n1)NC. The van der Waals surface area contributed by atoms with Crippen LogP contribution in [0.5, 0.6) is 0 Å². The fourth-order valence-corrected chi connectivity index (χ4v) is 2.02. The predicted molar refractivity (Wildman–Crippen MR) is 90.0 cm³/mol. The summed E-state index contributed by atoms with van der Waals surface area (Å²) in [5.41, 5.74) is 7.73. The van der Waals surface area contributed by atoms with Gasteiger partial charge >= 0.3 is 0 Å². The number of non-ortho nitro benzene ring substituents is 1. The highest BCUT2D eigenvalue weighted by molar-refractivity contribution is 5.66. The van der Waals surface area contributed by atoms with Crippen molar-refractivity contribution in [3.8, 4) is 11.3 Å². The molecule has 0 saturated carbocycles. The molecule has 1 aromatic carbocycles. The molecule has 0 radical (unpaired) electrons. The van der Waals surface area contributed by atoms with Crippen LogP contribution in [0.15, 0.2) is 42.6 Å². The minimum absolute atomic E-state index is 0.00171. The molecule has 8 heteroatoms. The summed E-state index contributed by atoms with van der Waals surface area (Å²) in [6.45, 7) is 4.41. The first kappa shape index (κ1) is 16.2.